The molecule has 0 spiro atoms. The van der Waals surface area contributed by atoms with E-state index in [0.29, 0.717) is 18.5 Å². The average Bonchev–Trinajstić information content (AvgIpc) is 3.08. The first kappa shape index (κ1) is 14.3. The SMILES string of the molecule is O=C(NCC1CC1)c1c(Br)ccc(C(F)(F)F)c1F. The van der Waals surface area contributed by atoms with Crippen molar-refractivity contribution in [2.45, 2.75) is 19.0 Å². The largest absolute Gasteiger partial charge is 0.419 e. The average molecular weight is 340 g/mol. The second-order valence-corrected chi connectivity index (χ2v) is 5.29. The Bertz CT molecular complexity index is 511. The zero-order valence-corrected chi connectivity index (χ0v) is 11.2. The van der Waals surface area contributed by atoms with Gasteiger partial charge in [0.05, 0.1) is 11.1 Å². The normalized spacial score (nSPS) is 15.4. The van der Waals surface area contributed by atoms with E-state index >= 15 is 0 Å². The molecule has 0 heterocycles. The third-order valence-corrected chi connectivity index (χ3v) is 3.53. The predicted molar refractivity (Wildman–Crippen MR) is 64.2 cm³/mol. The van der Waals surface area contributed by atoms with E-state index in [-0.39, 0.29) is 4.47 Å². The van der Waals surface area contributed by atoms with Crippen LogP contribution in [0.1, 0.15) is 28.8 Å². The fourth-order valence-corrected chi connectivity index (χ4v) is 2.11. The Morgan fingerprint density at radius 1 is 1.37 bits per heavy atom. The van der Waals surface area contributed by atoms with Crippen LogP contribution in [-0.4, -0.2) is 12.5 Å². The topological polar surface area (TPSA) is 29.1 Å². The molecule has 1 aliphatic carbocycles. The third kappa shape index (κ3) is 3.26. The molecule has 1 aromatic carbocycles. The van der Waals surface area contributed by atoms with Gasteiger partial charge in [0, 0.05) is 11.0 Å². The fourth-order valence-electron chi connectivity index (χ4n) is 1.63. The lowest BCUT2D eigenvalue weighted by molar-refractivity contribution is -0.140. The van der Waals surface area contributed by atoms with Crippen molar-refractivity contribution in [2.24, 2.45) is 5.92 Å². The molecule has 0 aromatic heterocycles. The minimum absolute atomic E-state index is 0.00583. The fraction of sp³-hybridized carbons (Fsp3) is 0.417. The van der Waals surface area contributed by atoms with Crippen LogP contribution in [0.3, 0.4) is 0 Å². The van der Waals surface area contributed by atoms with Crippen LogP contribution in [0.25, 0.3) is 0 Å². The molecule has 1 N–H and O–H groups in total. The summed E-state index contributed by atoms with van der Waals surface area (Å²) in [5.74, 6) is -2.02. The molecule has 1 fully saturated rings. The zero-order chi connectivity index (χ0) is 14.2. The highest BCUT2D eigenvalue weighted by Crippen LogP contribution is 2.35. The summed E-state index contributed by atoms with van der Waals surface area (Å²) in [6.07, 6.45) is -2.87. The van der Waals surface area contributed by atoms with E-state index in [0.717, 1.165) is 18.9 Å². The molecule has 0 saturated heterocycles. The lowest BCUT2D eigenvalue weighted by Gasteiger charge is -2.13. The number of halogens is 5. The van der Waals surface area contributed by atoms with Gasteiger partial charge in [0.15, 0.2) is 0 Å². The van der Waals surface area contributed by atoms with Gasteiger partial charge in [-0.3, -0.25) is 4.79 Å². The molecule has 1 aromatic rings. The van der Waals surface area contributed by atoms with Crippen molar-refractivity contribution in [3.63, 3.8) is 0 Å². The quantitative estimate of drug-likeness (QED) is 0.835. The van der Waals surface area contributed by atoms with Gasteiger partial charge in [0.2, 0.25) is 0 Å². The summed E-state index contributed by atoms with van der Waals surface area (Å²) in [5.41, 5.74) is -2.04. The van der Waals surface area contributed by atoms with Gasteiger partial charge in [0.1, 0.15) is 5.82 Å². The van der Waals surface area contributed by atoms with Crippen molar-refractivity contribution in [3.05, 3.63) is 33.5 Å². The molecular weight excluding hydrogens is 330 g/mol. The number of alkyl halides is 3. The molecule has 0 unspecified atom stereocenters. The Hall–Kier alpha value is -1.11. The van der Waals surface area contributed by atoms with Crippen molar-refractivity contribution >= 4 is 21.8 Å². The molecule has 0 aliphatic heterocycles. The molecular formula is C12H10BrF4NO. The number of rotatable bonds is 3. The van der Waals surface area contributed by atoms with Crippen LogP contribution in [-0.2, 0) is 6.18 Å². The molecule has 2 rings (SSSR count). The van der Waals surface area contributed by atoms with Crippen LogP contribution >= 0.6 is 15.9 Å². The van der Waals surface area contributed by atoms with Gasteiger partial charge in [-0.2, -0.15) is 13.2 Å². The molecule has 19 heavy (non-hydrogen) atoms. The Kier molecular flexibility index (Phi) is 3.85. The molecule has 0 radical (unpaired) electrons. The van der Waals surface area contributed by atoms with Gasteiger partial charge >= 0.3 is 6.18 Å². The maximum absolute atomic E-state index is 13.8. The second kappa shape index (κ2) is 5.11. The van der Waals surface area contributed by atoms with Crippen LogP contribution in [0.2, 0.25) is 0 Å². The summed E-state index contributed by atoms with van der Waals surface area (Å²) in [7, 11) is 0. The van der Waals surface area contributed by atoms with E-state index < -0.39 is 29.0 Å². The number of hydrogen-bond donors (Lipinski definition) is 1. The minimum Gasteiger partial charge on any atom is -0.352 e. The van der Waals surface area contributed by atoms with E-state index in [4.69, 9.17) is 0 Å². The van der Waals surface area contributed by atoms with E-state index in [2.05, 4.69) is 21.2 Å². The van der Waals surface area contributed by atoms with Crippen molar-refractivity contribution in [3.8, 4) is 0 Å². The highest BCUT2D eigenvalue weighted by Gasteiger charge is 2.36. The summed E-state index contributed by atoms with van der Waals surface area (Å²) in [6.45, 7) is 0.362. The number of nitrogens with one attached hydrogen (secondary N) is 1. The molecule has 1 amide bonds. The molecule has 1 aliphatic rings. The smallest absolute Gasteiger partial charge is 0.352 e. The monoisotopic (exact) mass is 339 g/mol. The summed E-state index contributed by atoms with van der Waals surface area (Å²) in [5, 5.41) is 2.44. The van der Waals surface area contributed by atoms with Crippen LogP contribution < -0.4 is 5.32 Å². The van der Waals surface area contributed by atoms with E-state index in [1.807, 2.05) is 0 Å². The first-order chi connectivity index (χ1) is 8.80. The third-order valence-electron chi connectivity index (χ3n) is 2.87. The van der Waals surface area contributed by atoms with Gasteiger partial charge in [-0.25, -0.2) is 4.39 Å². The number of amides is 1. The Morgan fingerprint density at radius 3 is 2.53 bits per heavy atom. The number of benzene rings is 1. The zero-order valence-electron chi connectivity index (χ0n) is 9.65. The lowest BCUT2D eigenvalue weighted by Crippen LogP contribution is -2.27. The molecule has 1 saturated carbocycles. The van der Waals surface area contributed by atoms with E-state index in [1.54, 1.807) is 0 Å². The van der Waals surface area contributed by atoms with Crippen molar-refractivity contribution in [2.75, 3.05) is 6.54 Å². The summed E-state index contributed by atoms with van der Waals surface area (Å²) < 4.78 is 51.5. The number of carbonyl (C=O) groups is 1. The Morgan fingerprint density at radius 2 is 2.00 bits per heavy atom. The second-order valence-electron chi connectivity index (χ2n) is 4.44. The number of hydrogen-bond acceptors (Lipinski definition) is 1. The lowest BCUT2D eigenvalue weighted by atomic mass is 10.1. The van der Waals surface area contributed by atoms with Gasteiger partial charge in [0.25, 0.3) is 5.91 Å². The Balaban J connectivity index is 2.29. The van der Waals surface area contributed by atoms with E-state index in [9.17, 15) is 22.4 Å². The van der Waals surface area contributed by atoms with Gasteiger partial charge in [-0.15, -0.1) is 0 Å². The van der Waals surface area contributed by atoms with Crippen LogP contribution in [0, 0.1) is 11.7 Å². The highest BCUT2D eigenvalue weighted by atomic mass is 79.9. The molecule has 0 bridgehead atoms. The summed E-state index contributed by atoms with van der Waals surface area (Å²) >= 11 is 2.90. The van der Waals surface area contributed by atoms with Crippen molar-refractivity contribution in [1.82, 2.24) is 5.32 Å². The molecule has 0 atom stereocenters. The summed E-state index contributed by atoms with van der Waals surface area (Å²) in [4.78, 5) is 11.7. The first-order valence-corrected chi connectivity index (χ1v) is 6.43. The van der Waals surface area contributed by atoms with Crippen molar-refractivity contribution in [1.29, 1.82) is 0 Å². The van der Waals surface area contributed by atoms with Crippen LogP contribution in [0.15, 0.2) is 16.6 Å². The molecule has 2 nitrogen and oxygen atoms in total. The van der Waals surface area contributed by atoms with E-state index in [1.165, 1.54) is 0 Å². The van der Waals surface area contributed by atoms with Crippen LogP contribution in [0.5, 0.6) is 0 Å². The maximum atomic E-state index is 13.8. The first-order valence-electron chi connectivity index (χ1n) is 5.64. The van der Waals surface area contributed by atoms with Gasteiger partial charge in [-0.1, -0.05) is 0 Å². The summed E-state index contributed by atoms with van der Waals surface area (Å²) in [6, 6.07) is 1.63. The number of carbonyl (C=O) groups excluding carboxylic acids is 1. The highest BCUT2D eigenvalue weighted by molar-refractivity contribution is 9.10. The van der Waals surface area contributed by atoms with Gasteiger partial charge < -0.3 is 5.32 Å². The van der Waals surface area contributed by atoms with Gasteiger partial charge in [-0.05, 0) is 46.8 Å². The standard InChI is InChI=1S/C12H10BrF4NO/c13-8-4-3-7(12(15,16)17)10(14)9(8)11(19)18-5-6-1-2-6/h3-4,6H,1-2,5H2,(H,18,19). The Labute approximate surface area is 115 Å². The molecule has 7 heteroatoms. The van der Waals surface area contributed by atoms with Crippen LogP contribution in [0.4, 0.5) is 17.6 Å². The minimum atomic E-state index is -4.82. The molecule has 104 valence electrons. The van der Waals surface area contributed by atoms with Crippen molar-refractivity contribution < 1.29 is 22.4 Å². The predicted octanol–water partition coefficient (Wildman–Crippen LogP) is 3.75. The maximum Gasteiger partial charge on any atom is 0.419 e.